The van der Waals surface area contributed by atoms with Crippen molar-refractivity contribution in [2.24, 2.45) is 5.92 Å². The number of carbonyl (C=O) groups is 1. The van der Waals surface area contributed by atoms with Crippen LogP contribution in [0.3, 0.4) is 0 Å². The van der Waals surface area contributed by atoms with Crippen LogP contribution in [-0.2, 0) is 0 Å². The maximum absolute atomic E-state index is 11.7. The molecule has 0 aromatic carbocycles. The lowest BCUT2D eigenvalue weighted by atomic mass is 10.1. The van der Waals surface area contributed by atoms with E-state index in [0.29, 0.717) is 11.7 Å². The molecule has 2 amide bonds. The Morgan fingerprint density at radius 2 is 2.24 bits per heavy atom. The fourth-order valence-electron chi connectivity index (χ4n) is 2.22. The summed E-state index contributed by atoms with van der Waals surface area (Å²) in [5.41, 5.74) is 0.975. The molecule has 0 bridgehead atoms. The predicted octanol–water partition coefficient (Wildman–Crippen LogP) is 2.70. The average molecular weight is 233 g/mol. The number of amides is 2. The zero-order valence-corrected chi connectivity index (χ0v) is 10.2. The van der Waals surface area contributed by atoms with E-state index in [4.69, 9.17) is 0 Å². The fraction of sp³-hybridized carbons (Fsp3) is 0.538. The number of pyridine rings is 1. The molecular formula is C13H19N3O. The summed E-state index contributed by atoms with van der Waals surface area (Å²) in [4.78, 5) is 15.8. The Morgan fingerprint density at radius 3 is 2.94 bits per heavy atom. The van der Waals surface area contributed by atoms with Crippen LogP contribution in [0.5, 0.6) is 0 Å². The summed E-state index contributed by atoms with van der Waals surface area (Å²) in [5.74, 6) is 1.29. The Kier molecular flexibility index (Phi) is 3.96. The van der Waals surface area contributed by atoms with E-state index in [0.717, 1.165) is 12.1 Å². The molecule has 1 aliphatic rings. The van der Waals surface area contributed by atoms with E-state index < -0.39 is 0 Å². The number of carbonyl (C=O) groups excluding carboxylic acids is 1. The highest BCUT2D eigenvalue weighted by molar-refractivity contribution is 5.88. The SMILES string of the molecule is Cc1cccnc1NC(=O)NCC1CCCC1. The standard InChI is InChI=1S/C13H19N3O/c1-10-5-4-8-14-12(10)16-13(17)15-9-11-6-2-3-7-11/h4-5,8,11H,2-3,6-7,9H2,1H3,(H2,14,15,16,17). The van der Waals surface area contributed by atoms with E-state index in [1.807, 2.05) is 19.1 Å². The Hall–Kier alpha value is -1.58. The third kappa shape index (κ3) is 3.44. The molecule has 0 radical (unpaired) electrons. The van der Waals surface area contributed by atoms with Crippen molar-refractivity contribution < 1.29 is 4.79 Å². The first-order valence-corrected chi connectivity index (χ1v) is 6.22. The minimum absolute atomic E-state index is 0.154. The number of nitrogens with one attached hydrogen (secondary N) is 2. The molecule has 92 valence electrons. The Labute approximate surface area is 102 Å². The van der Waals surface area contributed by atoms with Crippen LogP contribution in [0.4, 0.5) is 10.6 Å². The highest BCUT2D eigenvalue weighted by atomic mass is 16.2. The molecule has 1 aliphatic carbocycles. The summed E-state index contributed by atoms with van der Waals surface area (Å²) in [6.07, 6.45) is 6.76. The number of rotatable bonds is 3. The van der Waals surface area contributed by atoms with Crippen molar-refractivity contribution in [3.05, 3.63) is 23.9 Å². The van der Waals surface area contributed by atoms with Gasteiger partial charge < -0.3 is 5.32 Å². The third-order valence-corrected chi connectivity index (χ3v) is 3.27. The summed E-state index contributed by atoms with van der Waals surface area (Å²) in [5, 5.41) is 5.68. The molecule has 0 saturated heterocycles. The lowest BCUT2D eigenvalue weighted by Crippen LogP contribution is -2.32. The van der Waals surface area contributed by atoms with Crippen LogP contribution in [0, 0.1) is 12.8 Å². The van der Waals surface area contributed by atoms with Crippen molar-refractivity contribution >= 4 is 11.8 Å². The second-order valence-corrected chi connectivity index (χ2v) is 4.65. The monoisotopic (exact) mass is 233 g/mol. The van der Waals surface area contributed by atoms with Crippen molar-refractivity contribution in [1.29, 1.82) is 0 Å². The first-order chi connectivity index (χ1) is 8.25. The molecule has 0 atom stereocenters. The summed E-state index contributed by atoms with van der Waals surface area (Å²) in [6, 6.07) is 3.63. The average Bonchev–Trinajstić information content (AvgIpc) is 2.82. The largest absolute Gasteiger partial charge is 0.338 e. The maximum Gasteiger partial charge on any atom is 0.320 e. The van der Waals surface area contributed by atoms with Crippen LogP contribution in [-0.4, -0.2) is 17.6 Å². The fourth-order valence-corrected chi connectivity index (χ4v) is 2.22. The van der Waals surface area contributed by atoms with Gasteiger partial charge in [0.15, 0.2) is 0 Å². The van der Waals surface area contributed by atoms with Gasteiger partial charge in [-0.1, -0.05) is 18.9 Å². The number of hydrogen-bond acceptors (Lipinski definition) is 2. The zero-order chi connectivity index (χ0) is 12.1. The Balaban J connectivity index is 1.79. The first-order valence-electron chi connectivity index (χ1n) is 6.22. The normalized spacial score (nSPS) is 15.8. The smallest absolute Gasteiger partial charge is 0.320 e. The zero-order valence-electron chi connectivity index (χ0n) is 10.2. The lowest BCUT2D eigenvalue weighted by molar-refractivity contribution is 0.250. The van der Waals surface area contributed by atoms with Crippen molar-refractivity contribution in [2.45, 2.75) is 32.6 Å². The second-order valence-electron chi connectivity index (χ2n) is 4.65. The van der Waals surface area contributed by atoms with Crippen LogP contribution in [0.2, 0.25) is 0 Å². The summed E-state index contributed by atoms with van der Waals surface area (Å²) >= 11 is 0. The molecule has 1 fully saturated rings. The molecule has 4 nitrogen and oxygen atoms in total. The van der Waals surface area contributed by atoms with E-state index in [2.05, 4.69) is 15.6 Å². The third-order valence-electron chi connectivity index (χ3n) is 3.27. The number of hydrogen-bond donors (Lipinski definition) is 2. The number of nitrogens with zero attached hydrogens (tertiary/aromatic N) is 1. The lowest BCUT2D eigenvalue weighted by Gasteiger charge is -2.12. The first kappa shape index (κ1) is 11.9. The summed E-state index contributed by atoms with van der Waals surface area (Å²) < 4.78 is 0. The van der Waals surface area contributed by atoms with Gasteiger partial charge in [-0.25, -0.2) is 9.78 Å². The van der Waals surface area contributed by atoms with Gasteiger partial charge in [0.1, 0.15) is 5.82 Å². The molecule has 1 heterocycles. The number of aryl methyl sites for hydroxylation is 1. The summed E-state index contributed by atoms with van der Waals surface area (Å²) in [7, 11) is 0. The van der Waals surface area contributed by atoms with Crippen LogP contribution in [0.1, 0.15) is 31.2 Å². The van der Waals surface area contributed by atoms with Crippen molar-refractivity contribution in [3.63, 3.8) is 0 Å². The van der Waals surface area contributed by atoms with Gasteiger partial charge >= 0.3 is 6.03 Å². The molecule has 17 heavy (non-hydrogen) atoms. The molecule has 4 heteroatoms. The Morgan fingerprint density at radius 1 is 1.47 bits per heavy atom. The van der Waals surface area contributed by atoms with E-state index in [-0.39, 0.29) is 6.03 Å². The van der Waals surface area contributed by atoms with E-state index in [9.17, 15) is 4.79 Å². The van der Waals surface area contributed by atoms with E-state index >= 15 is 0 Å². The molecule has 2 rings (SSSR count). The van der Waals surface area contributed by atoms with Gasteiger partial charge in [-0.3, -0.25) is 5.32 Å². The quantitative estimate of drug-likeness (QED) is 0.843. The van der Waals surface area contributed by atoms with Gasteiger partial charge in [-0.2, -0.15) is 0 Å². The second kappa shape index (κ2) is 5.66. The molecule has 1 saturated carbocycles. The number of aromatic nitrogens is 1. The van der Waals surface area contributed by atoms with Crippen LogP contribution in [0.25, 0.3) is 0 Å². The van der Waals surface area contributed by atoms with Gasteiger partial charge in [-0.15, -0.1) is 0 Å². The molecule has 1 aromatic rings. The Bertz CT molecular complexity index is 386. The molecule has 0 aliphatic heterocycles. The van der Waals surface area contributed by atoms with Gasteiger partial charge in [0, 0.05) is 12.7 Å². The van der Waals surface area contributed by atoms with Crippen molar-refractivity contribution in [2.75, 3.05) is 11.9 Å². The molecule has 2 N–H and O–H groups in total. The molecule has 0 spiro atoms. The van der Waals surface area contributed by atoms with Crippen LogP contribution >= 0.6 is 0 Å². The van der Waals surface area contributed by atoms with Gasteiger partial charge in [0.2, 0.25) is 0 Å². The van der Waals surface area contributed by atoms with E-state index in [1.165, 1.54) is 25.7 Å². The van der Waals surface area contributed by atoms with Crippen molar-refractivity contribution in [1.82, 2.24) is 10.3 Å². The van der Waals surface area contributed by atoms with E-state index in [1.54, 1.807) is 6.20 Å². The van der Waals surface area contributed by atoms with Gasteiger partial charge in [-0.05, 0) is 37.3 Å². The highest BCUT2D eigenvalue weighted by Crippen LogP contribution is 2.23. The van der Waals surface area contributed by atoms with Gasteiger partial charge in [0.25, 0.3) is 0 Å². The number of anilines is 1. The molecular weight excluding hydrogens is 214 g/mol. The van der Waals surface area contributed by atoms with Crippen molar-refractivity contribution in [3.8, 4) is 0 Å². The van der Waals surface area contributed by atoms with Crippen LogP contribution in [0.15, 0.2) is 18.3 Å². The predicted molar refractivity (Wildman–Crippen MR) is 68.0 cm³/mol. The maximum atomic E-state index is 11.7. The molecule has 0 unspecified atom stereocenters. The minimum atomic E-state index is -0.154. The minimum Gasteiger partial charge on any atom is -0.338 e. The topological polar surface area (TPSA) is 54.0 Å². The molecule has 1 aromatic heterocycles. The number of urea groups is 1. The van der Waals surface area contributed by atoms with Crippen LogP contribution < -0.4 is 10.6 Å². The van der Waals surface area contributed by atoms with Gasteiger partial charge in [0.05, 0.1) is 0 Å². The summed E-state index contributed by atoms with van der Waals surface area (Å²) in [6.45, 7) is 2.71. The highest BCUT2D eigenvalue weighted by Gasteiger charge is 2.15.